The molecule has 3 nitrogen and oxygen atoms in total. The molecule has 0 unspecified atom stereocenters. The van der Waals surface area contributed by atoms with E-state index in [1.807, 2.05) is 17.7 Å². The highest BCUT2D eigenvalue weighted by molar-refractivity contribution is 7.08. The molecule has 0 bridgehead atoms. The summed E-state index contributed by atoms with van der Waals surface area (Å²) in [7, 11) is 0. The van der Waals surface area contributed by atoms with Gasteiger partial charge in [-0.2, -0.15) is 11.3 Å². The summed E-state index contributed by atoms with van der Waals surface area (Å²) < 4.78 is 0. The average molecular weight is 199 g/mol. The van der Waals surface area contributed by atoms with Crippen LogP contribution in [0.2, 0.25) is 0 Å². The van der Waals surface area contributed by atoms with Crippen molar-refractivity contribution in [2.75, 3.05) is 6.54 Å². The summed E-state index contributed by atoms with van der Waals surface area (Å²) in [6.07, 6.45) is -0.497. The third-order valence-corrected chi connectivity index (χ3v) is 2.52. The number of thiophene rings is 1. The first-order chi connectivity index (χ1) is 6.11. The fraction of sp³-hybridized carbons (Fsp3) is 0.444. The molecular formula is C9H13NO2S. The summed E-state index contributed by atoms with van der Waals surface area (Å²) in [6.45, 7) is 3.84. The maximum absolute atomic E-state index is 11.4. The molecule has 0 saturated carbocycles. The number of hydrogen-bond acceptors (Lipinski definition) is 3. The Bertz CT molecular complexity index is 294. The summed E-state index contributed by atoms with van der Waals surface area (Å²) >= 11 is 1.51. The Labute approximate surface area is 81.4 Å². The summed E-state index contributed by atoms with van der Waals surface area (Å²) in [6, 6.07) is 0. The highest BCUT2D eigenvalue weighted by Crippen LogP contribution is 2.12. The zero-order chi connectivity index (χ0) is 9.84. The molecular weight excluding hydrogens is 186 g/mol. The molecule has 0 aliphatic carbocycles. The van der Waals surface area contributed by atoms with Crippen LogP contribution in [0.25, 0.3) is 0 Å². The Balaban J connectivity index is 2.54. The van der Waals surface area contributed by atoms with Crippen molar-refractivity contribution in [3.05, 3.63) is 21.9 Å². The van der Waals surface area contributed by atoms with Crippen molar-refractivity contribution >= 4 is 17.2 Å². The van der Waals surface area contributed by atoms with Crippen LogP contribution in [-0.2, 0) is 0 Å². The summed E-state index contributed by atoms with van der Waals surface area (Å²) in [5.41, 5.74) is 1.68. The topological polar surface area (TPSA) is 49.3 Å². The van der Waals surface area contributed by atoms with E-state index in [0.717, 1.165) is 5.56 Å². The lowest BCUT2D eigenvalue weighted by Crippen LogP contribution is -2.30. The van der Waals surface area contributed by atoms with E-state index in [4.69, 9.17) is 5.11 Å². The fourth-order valence-corrected chi connectivity index (χ4v) is 1.76. The smallest absolute Gasteiger partial charge is 0.252 e. The minimum atomic E-state index is -0.497. The number of aliphatic hydroxyl groups is 1. The van der Waals surface area contributed by atoms with Crippen molar-refractivity contribution < 1.29 is 9.90 Å². The van der Waals surface area contributed by atoms with E-state index in [9.17, 15) is 4.79 Å². The first kappa shape index (κ1) is 10.2. The van der Waals surface area contributed by atoms with E-state index in [-0.39, 0.29) is 5.91 Å². The monoisotopic (exact) mass is 199 g/mol. The van der Waals surface area contributed by atoms with Gasteiger partial charge in [-0.3, -0.25) is 4.79 Å². The molecule has 1 heterocycles. The second-order valence-electron chi connectivity index (χ2n) is 3.03. The van der Waals surface area contributed by atoms with Crippen LogP contribution in [0.4, 0.5) is 0 Å². The van der Waals surface area contributed by atoms with E-state index in [1.165, 1.54) is 11.3 Å². The normalized spacial score (nSPS) is 12.5. The highest BCUT2D eigenvalue weighted by Gasteiger charge is 2.09. The lowest BCUT2D eigenvalue weighted by molar-refractivity contribution is 0.0924. The van der Waals surface area contributed by atoms with Gasteiger partial charge in [-0.25, -0.2) is 0 Å². The summed E-state index contributed by atoms with van der Waals surface area (Å²) in [5.74, 6) is -0.111. The Morgan fingerprint density at radius 1 is 1.69 bits per heavy atom. The lowest BCUT2D eigenvalue weighted by atomic mass is 10.2. The van der Waals surface area contributed by atoms with Gasteiger partial charge in [0, 0.05) is 11.9 Å². The molecule has 0 radical (unpaired) electrons. The van der Waals surface area contributed by atoms with Gasteiger partial charge in [-0.15, -0.1) is 0 Å². The Kier molecular flexibility index (Phi) is 3.45. The second-order valence-corrected chi connectivity index (χ2v) is 3.77. The number of nitrogens with one attached hydrogen (secondary N) is 1. The third-order valence-electron chi connectivity index (χ3n) is 1.66. The van der Waals surface area contributed by atoms with E-state index < -0.39 is 6.10 Å². The molecule has 0 saturated heterocycles. The minimum absolute atomic E-state index is 0.111. The number of aliphatic hydroxyl groups excluding tert-OH is 1. The predicted molar refractivity (Wildman–Crippen MR) is 53.1 cm³/mol. The molecule has 1 aromatic rings. The van der Waals surface area contributed by atoms with Gasteiger partial charge >= 0.3 is 0 Å². The number of amides is 1. The number of aryl methyl sites for hydroxylation is 1. The molecule has 1 aromatic heterocycles. The second kappa shape index (κ2) is 4.39. The van der Waals surface area contributed by atoms with Crippen LogP contribution in [0.5, 0.6) is 0 Å². The largest absolute Gasteiger partial charge is 0.392 e. The quantitative estimate of drug-likeness (QED) is 0.767. The van der Waals surface area contributed by atoms with Gasteiger partial charge in [0.1, 0.15) is 0 Å². The molecule has 0 aromatic carbocycles. The first-order valence-corrected chi connectivity index (χ1v) is 5.04. The molecule has 1 rings (SSSR count). The van der Waals surface area contributed by atoms with E-state index in [2.05, 4.69) is 5.32 Å². The molecule has 0 aliphatic rings. The number of rotatable bonds is 3. The molecule has 0 spiro atoms. The van der Waals surface area contributed by atoms with Crippen LogP contribution in [0.3, 0.4) is 0 Å². The van der Waals surface area contributed by atoms with Gasteiger partial charge in [0.15, 0.2) is 0 Å². The number of carbonyl (C=O) groups excluding carboxylic acids is 1. The van der Waals surface area contributed by atoms with E-state index >= 15 is 0 Å². The van der Waals surface area contributed by atoms with Crippen molar-refractivity contribution in [3.8, 4) is 0 Å². The van der Waals surface area contributed by atoms with Crippen LogP contribution >= 0.6 is 11.3 Å². The molecule has 0 fully saturated rings. The summed E-state index contributed by atoms with van der Waals surface area (Å²) in [5, 5.41) is 15.3. The Hall–Kier alpha value is -0.870. The fourth-order valence-electron chi connectivity index (χ4n) is 0.929. The lowest BCUT2D eigenvalue weighted by Gasteiger charge is -2.06. The number of hydrogen-bond donors (Lipinski definition) is 2. The zero-order valence-electron chi connectivity index (χ0n) is 7.70. The molecule has 4 heteroatoms. The molecule has 1 atom stereocenters. The predicted octanol–water partition coefficient (Wildman–Crippen LogP) is 1.17. The third kappa shape index (κ3) is 2.82. The van der Waals surface area contributed by atoms with Gasteiger partial charge < -0.3 is 10.4 Å². The first-order valence-electron chi connectivity index (χ1n) is 4.10. The van der Waals surface area contributed by atoms with Crippen molar-refractivity contribution in [2.24, 2.45) is 0 Å². The van der Waals surface area contributed by atoms with Crippen LogP contribution in [0, 0.1) is 6.92 Å². The van der Waals surface area contributed by atoms with Crippen molar-refractivity contribution in [1.82, 2.24) is 5.32 Å². The number of carbonyl (C=O) groups is 1. The van der Waals surface area contributed by atoms with Gasteiger partial charge in [0.25, 0.3) is 5.91 Å². The van der Waals surface area contributed by atoms with Crippen LogP contribution in [0.1, 0.15) is 22.8 Å². The maximum atomic E-state index is 11.4. The van der Waals surface area contributed by atoms with Gasteiger partial charge in [0.2, 0.25) is 0 Å². The molecule has 0 aliphatic heterocycles. The van der Waals surface area contributed by atoms with Gasteiger partial charge in [-0.1, -0.05) is 0 Å². The Morgan fingerprint density at radius 2 is 2.38 bits per heavy atom. The molecule has 13 heavy (non-hydrogen) atoms. The minimum Gasteiger partial charge on any atom is -0.392 e. The van der Waals surface area contributed by atoms with E-state index in [0.29, 0.717) is 12.1 Å². The molecule has 72 valence electrons. The molecule has 1 amide bonds. The van der Waals surface area contributed by atoms with E-state index in [1.54, 1.807) is 6.92 Å². The maximum Gasteiger partial charge on any atom is 0.252 e. The van der Waals surface area contributed by atoms with Crippen molar-refractivity contribution in [1.29, 1.82) is 0 Å². The van der Waals surface area contributed by atoms with Crippen molar-refractivity contribution in [3.63, 3.8) is 0 Å². The van der Waals surface area contributed by atoms with Crippen molar-refractivity contribution in [2.45, 2.75) is 20.0 Å². The SMILES string of the molecule is Cc1cscc1C(=O)NC[C@@H](C)O. The van der Waals surface area contributed by atoms with Crippen LogP contribution in [0.15, 0.2) is 10.8 Å². The summed E-state index contributed by atoms with van der Waals surface area (Å²) in [4.78, 5) is 11.4. The zero-order valence-corrected chi connectivity index (χ0v) is 8.52. The van der Waals surface area contributed by atoms with Crippen LogP contribution < -0.4 is 5.32 Å². The standard InChI is InChI=1S/C9H13NO2S/c1-6-4-13-5-8(6)9(12)10-3-7(2)11/h4-5,7,11H,3H2,1-2H3,(H,10,12)/t7-/m1/s1. The van der Waals surface area contributed by atoms with Crippen LogP contribution in [-0.4, -0.2) is 23.7 Å². The molecule has 2 N–H and O–H groups in total. The van der Waals surface area contributed by atoms with Gasteiger partial charge in [0.05, 0.1) is 11.7 Å². The average Bonchev–Trinajstić information content (AvgIpc) is 2.47. The highest BCUT2D eigenvalue weighted by atomic mass is 32.1. The van der Waals surface area contributed by atoms with Gasteiger partial charge in [-0.05, 0) is 24.8 Å². The Morgan fingerprint density at radius 3 is 2.85 bits per heavy atom.